The van der Waals surface area contributed by atoms with Crippen molar-refractivity contribution in [2.45, 2.75) is 78.6 Å². The Hall–Kier alpha value is -2.01. The summed E-state index contributed by atoms with van der Waals surface area (Å²) in [5, 5.41) is 0. The molecule has 0 bridgehead atoms. The molecule has 2 unspecified atom stereocenters. The van der Waals surface area contributed by atoms with Crippen molar-refractivity contribution in [3.63, 3.8) is 0 Å². The summed E-state index contributed by atoms with van der Waals surface area (Å²) >= 11 is 0. The van der Waals surface area contributed by atoms with Crippen LogP contribution in [0.3, 0.4) is 0 Å². The van der Waals surface area contributed by atoms with E-state index in [-0.39, 0.29) is 16.2 Å². The monoisotopic (exact) mass is 664 g/mol. The number of hydrogen-bond acceptors (Lipinski definition) is 8. The van der Waals surface area contributed by atoms with Crippen molar-refractivity contribution >= 4 is 24.7 Å². The van der Waals surface area contributed by atoms with Crippen molar-refractivity contribution in [2.24, 2.45) is 4.52 Å². The molecule has 0 amide bonds. The summed E-state index contributed by atoms with van der Waals surface area (Å²) in [4.78, 5) is 3.35. The molecule has 1 N–H and O–H groups in total. The van der Waals surface area contributed by atoms with E-state index in [2.05, 4.69) is 91.4 Å². The van der Waals surface area contributed by atoms with Crippen LogP contribution < -0.4 is 18.4 Å². The third-order valence-electron chi connectivity index (χ3n) is 6.90. The average molecular weight is 665 g/mol. The topological polar surface area (TPSA) is 79.8 Å². The molecule has 0 fully saturated rings. The molecule has 0 radical (unpaired) electrons. The first-order chi connectivity index (χ1) is 20.5. The molecule has 44 heavy (non-hydrogen) atoms. The van der Waals surface area contributed by atoms with E-state index in [4.69, 9.17) is 31.7 Å². The van der Waals surface area contributed by atoms with Crippen LogP contribution in [0, 0.1) is 0 Å². The van der Waals surface area contributed by atoms with E-state index in [9.17, 15) is 0 Å². The van der Waals surface area contributed by atoms with Crippen molar-refractivity contribution in [1.29, 1.82) is 0 Å². The van der Waals surface area contributed by atoms with E-state index >= 15 is 0 Å². The van der Waals surface area contributed by atoms with Gasteiger partial charge in [-0.25, -0.2) is 0 Å². The molecule has 244 valence electrons. The molecule has 0 aliphatic carbocycles. The van der Waals surface area contributed by atoms with Crippen LogP contribution in [0.5, 0.6) is 17.2 Å². The minimum atomic E-state index is -3.68. The van der Waals surface area contributed by atoms with Crippen LogP contribution in [0.2, 0.25) is 0 Å². The molecule has 3 aromatic rings. The van der Waals surface area contributed by atoms with E-state index < -0.39 is 24.7 Å². The van der Waals surface area contributed by atoms with Crippen LogP contribution >= 0.6 is 24.7 Å². The maximum atomic E-state index is 6.55. The fourth-order valence-corrected chi connectivity index (χ4v) is 10.1. The molecular formula is C33H51N2O6P3. The Kier molecular flexibility index (Phi) is 12.5. The fraction of sp³-hybridized carbons (Fsp3) is 0.455. The van der Waals surface area contributed by atoms with Gasteiger partial charge in [0.25, 0.3) is 0 Å². The summed E-state index contributed by atoms with van der Waals surface area (Å²) in [6, 6.07) is 23.9. The first-order valence-corrected chi connectivity index (χ1v) is 18.9. The zero-order valence-corrected chi connectivity index (χ0v) is 31.2. The zero-order chi connectivity index (χ0) is 32.8. The van der Waals surface area contributed by atoms with Gasteiger partial charge >= 0.3 is 268 Å². The van der Waals surface area contributed by atoms with E-state index in [0.717, 1.165) is 0 Å². The molecule has 0 aliphatic heterocycles. The Morgan fingerprint density at radius 1 is 0.614 bits per heavy atom. The first kappa shape index (κ1) is 36.5. The van der Waals surface area contributed by atoms with Gasteiger partial charge in [0.1, 0.15) is 0 Å². The third-order valence-corrected chi connectivity index (χ3v) is 13.2. The van der Waals surface area contributed by atoms with Crippen LogP contribution in [0.4, 0.5) is 0 Å². The Balaban J connectivity index is 1.96. The normalized spacial score (nSPS) is 14.6. The summed E-state index contributed by atoms with van der Waals surface area (Å²) in [6.07, 6.45) is 0. The quantitative estimate of drug-likeness (QED) is 0.193. The van der Waals surface area contributed by atoms with Crippen molar-refractivity contribution in [3.8, 4) is 17.2 Å². The van der Waals surface area contributed by atoms with Crippen molar-refractivity contribution in [1.82, 2.24) is 4.86 Å². The van der Waals surface area contributed by atoms with E-state index in [0.29, 0.717) is 17.2 Å². The summed E-state index contributed by atoms with van der Waals surface area (Å²) < 4.78 is 41.6. The van der Waals surface area contributed by atoms with Gasteiger partial charge in [-0.05, 0) is 0 Å². The van der Waals surface area contributed by atoms with Gasteiger partial charge in [0.05, 0.1) is 0 Å². The molecule has 3 rings (SSSR count). The molecule has 0 heterocycles. The van der Waals surface area contributed by atoms with Crippen molar-refractivity contribution in [3.05, 3.63) is 89.5 Å². The van der Waals surface area contributed by atoms with Crippen LogP contribution in [-0.4, -0.2) is 21.3 Å². The second-order valence-electron chi connectivity index (χ2n) is 13.5. The number of hydrogen-bond donors (Lipinski definition) is 1. The number of rotatable bonds is 12. The van der Waals surface area contributed by atoms with Gasteiger partial charge < -0.3 is 0 Å². The predicted molar refractivity (Wildman–Crippen MR) is 187 cm³/mol. The summed E-state index contributed by atoms with van der Waals surface area (Å²) in [6.45, 7) is 19.6. The maximum absolute atomic E-state index is 6.55. The first-order valence-electron chi connectivity index (χ1n) is 14.7. The van der Waals surface area contributed by atoms with Crippen molar-refractivity contribution in [2.75, 3.05) is 21.3 Å². The Labute approximate surface area is 267 Å². The van der Waals surface area contributed by atoms with Crippen molar-refractivity contribution < 1.29 is 27.1 Å². The average Bonchev–Trinajstić information content (AvgIpc) is 2.95. The third kappa shape index (κ3) is 10.5. The summed E-state index contributed by atoms with van der Waals surface area (Å²) in [7, 11) is -2.98. The Bertz CT molecular complexity index is 1360. The molecule has 0 aliphatic rings. The van der Waals surface area contributed by atoms with Crippen LogP contribution in [0.1, 0.15) is 79.0 Å². The number of nitrogens with one attached hydrogen (secondary N) is 1. The zero-order valence-electron chi connectivity index (χ0n) is 28.3. The van der Waals surface area contributed by atoms with E-state index in [1.807, 2.05) is 48.5 Å². The van der Waals surface area contributed by atoms with Gasteiger partial charge in [-0.3, -0.25) is 0 Å². The molecule has 8 nitrogen and oxygen atoms in total. The number of benzene rings is 3. The molecule has 0 saturated carbocycles. The molecule has 0 spiro atoms. The molecule has 0 saturated heterocycles. The second-order valence-corrected chi connectivity index (χ2v) is 19.3. The van der Waals surface area contributed by atoms with Gasteiger partial charge in [0.2, 0.25) is 0 Å². The van der Waals surface area contributed by atoms with Crippen LogP contribution in [0.15, 0.2) is 77.3 Å². The Morgan fingerprint density at radius 2 is 1.02 bits per heavy atom. The van der Waals surface area contributed by atoms with E-state index in [1.54, 1.807) is 21.3 Å². The molecule has 0 aromatic heterocycles. The molecular weight excluding hydrogens is 613 g/mol. The van der Waals surface area contributed by atoms with Gasteiger partial charge in [-0.1, -0.05) is 0 Å². The van der Waals surface area contributed by atoms with Crippen LogP contribution in [-0.2, 0) is 29.8 Å². The molecule has 3 aromatic carbocycles. The summed E-state index contributed by atoms with van der Waals surface area (Å²) in [5.74, 6) is 1.89. The van der Waals surface area contributed by atoms with Gasteiger partial charge in [0.15, 0.2) is 0 Å². The van der Waals surface area contributed by atoms with Gasteiger partial charge in [-0.15, -0.1) is 0 Å². The fourth-order valence-electron chi connectivity index (χ4n) is 4.07. The summed E-state index contributed by atoms with van der Waals surface area (Å²) in [5.41, 5.74) is 3.65. The molecule has 2 atom stereocenters. The van der Waals surface area contributed by atoms with E-state index in [1.165, 1.54) is 16.7 Å². The molecule has 11 heteroatoms. The van der Waals surface area contributed by atoms with Gasteiger partial charge in [-0.2, -0.15) is 0 Å². The minimum absolute atomic E-state index is 0.000272. The SMILES string of the molecule is COP(N[PH](/N=[PH](/OC)Oc1ccc(C(C)(C)C)cc1)(OC)Oc1ccc(C(C)(C)C)cc1)Oc1ccc(C(C)(C)C)cc1. The number of nitrogens with zero attached hydrogens (tertiary/aromatic N) is 1. The van der Waals surface area contributed by atoms with Gasteiger partial charge in [0, 0.05) is 0 Å². The second kappa shape index (κ2) is 15.1. The standard InChI is InChI=1S/C33H51N2O6P3/c1-31(2,3)25-13-19-28(20-14-25)39-42(36-10)34-44(38-12,41-30-23-17-27(18-24-30)33(7,8)9)35-43(37-11)40-29-21-15-26(16-22-29)32(4,5)6/h13-24,34,43-44H,1-12H3. The Morgan fingerprint density at radius 3 is 1.39 bits per heavy atom. The predicted octanol–water partition coefficient (Wildman–Crippen LogP) is 10.5. The van der Waals surface area contributed by atoms with Crippen LogP contribution in [0.25, 0.3) is 0 Å².